The molecular formula is C12H13F3N4O3. The van der Waals surface area contributed by atoms with Gasteiger partial charge in [-0.3, -0.25) is 14.6 Å². The predicted octanol–water partition coefficient (Wildman–Crippen LogP) is 2.68. The number of carboxylic acid groups (broad SMARTS) is 1. The highest BCUT2D eigenvalue weighted by Gasteiger charge is 2.34. The molecule has 22 heavy (non-hydrogen) atoms. The van der Waals surface area contributed by atoms with Crippen LogP contribution in [0.4, 0.5) is 24.5 Å². The number of likely N-dealkylation sites (N-methyl/N-ethyl adjacent to an activating group) is 1. The summed E-state index contributed by atoms with van der Waals surface area (Å²) in [6.07, 6.45) is -4.70. The largest absolute Gasteiger partial charge is 0.480 e. The first kappa shape index (κ1) is 17.4. The maximum Gasteiger partial charge on any atom is 0.418 e. The molecule has 0 aliphatic carbocycles. The second-order valence-electron chi connectivity index (χ2n) is 4.31. The van der Waals surface area contributed by atoms with E-state index in [2.05, 4.69) is 15.7 Å². The molecule has 7 nitrogen and oxygen atoms in total. The average molecular weight is 318 g/mol. The molecule has 0 saturated heterocycles. The second kappa shape index (κ2) is 6.87. The van der Waals surface area contributed by atoms with E-state index in [1.54, 1.807) is 0 Å². The Hall–Kier alpha value is -2.65. The Kier molecular flexibility index (Phi) is 5.44. The van der Waals surface area contributed by atoms with Crippen molar-refractivity contribution in [1.82, 2.24) is 5.01 Å². The minimum absolute atomic E-state index is 0.0299. The molecule has 0 unspecified atom stereocenters. The Morgan fingerprint density at radius 3 is 2.50 bits per heavy atom. The van der Waals surface area contributed by atoms with Gasteiger partial charge < -0.3 is 10.4 Å². The van der Waals surface area contributed by atoms with Gasteiger partial charge in [0.25, 0.3) is 0 Å². The molecule has 0 aromatic heterocycles. The average Bonchev–Trinajstić information content (AvgIpc) is 2.34. The quantitative estimate of drug-likeness (QED) is 0.644. The monoisotopic (exact) mass is 318 g/mol. The van der Waals surface area contributed by atoms with Crippen LogP contribution >= 0.6 is 0 Å². The second-order valence-corrected chi connectivity index (χ2v) is 4.31. The van der Waals surface area contributed by atoms with Gasteiger partial charge in [0.2, 0.25) is 5.91 Å². The number of amides is 1. The molecule has 2 N–H and O–H groups in total. The third-order valence-corrected chi connectivity index (χ3v) is 2.29. The first-order valence-corrected chi connectivity index (χ1v) is 5.93. The fourth-order valence-corrected chi connectivity index (χ4v) is 1.48. The number of hydrogen-bond acceptors (Lipinski definition) is 4. The standard InChI is InChI=1S/C12H13F3N4O3/c1-7(20)16-8-3-4-10(9(5-8)12(13,14)15)17-18-19(2)6-11(21)22/h3-5H,6H2,1-2H3,(H,16,20)(H,21,22). The molecule has 0 bridgehead atoms. The molecule has 0 radical (unpaired) electrons. The Morgan fingerprint density at radius 1 is 1.36 bits per heavy atom. The molecular weight excluding hydrogens is 305 g/mol. The van der Waals surface area contributed by atoms with Gasteiger partial charge in [-0.05, 0) is 18.2 Å². The number of carbonyl (C=O) groups is 2. The fraction of sp³-hybridized carbons (Fsp3) is 0.333. The molecule has 1 rings (SSSR count). The first-order valence-electron chi connectivity index (χ1n) is 5.93. The van der Waals surface area contributed by atoms with Gasteiger partial charge in [-0.2, -0.15) is 13.2 Å². The SMILES string of the molecule is CC(=O)Nc1ccc(N=NN(C)CC(=O)O)c(C(F)(F)F)c1. The number of hydrogen-bond donors (Lipinski definition) is 2. The zero-order valence-corrected chi connectivity index (χ0v) is 11.7. The third-order valence-electron chi connectivity index (χ3n) is 2.29. The lowest BCUT2D eigenvalue weighted by Crippen LogP contribution is -2.19. The van der Waals surface area contributed by atoms with E-state index in [0.717, 1.165) is 17.1 Å². The maximum absolute atomic E-state index is 13.0. The van der Waals surface area contributed by atoms with E-state index < -0.39 is 35.8 Å². The summed E-state index contributed by atoms with van der Waals surface area (Å²) in [5, 5.41) is 18.4. The van der Waals surface area contributed by atoms with Crippen LogP contribution in [0.3, 0.4) is 0 Å². The van der Waals surface area contributed by atoms with Crippen molar-refractivity contribution < 1.29 is 27.9 Å². The number of halogens is 3. The van der Waals surface area contributed by atoms with Crippen molar-refractivity contribution in [3.05, 3.63) is 23.8 Å². The van der Waals surface area contributed by atoms with Gasteiger partial charge in [0, 0.05) is 19.7 Å². The number of nitrogens with zero attached hydrogens (tertiary/aromatic N) is 3. The van der Waals surface area contributed by atoms with E-state index in [4.69, 9.17) is 5.11 Å². The number of alkyl halides is 3. The van der Waals surface area contributed by atoms with Crippen molar-refractivity contribution in [2.24, 2.45) is 10.3 Å². The molecule has 120 valence electrons. The van der Waals surface area contributed by atoms with Crippen LogP contribution in [-0.4, -0.2) is 35.6 Å². The van der Waals surface area contributed by atoms with Crippen molar-refractivity contribution in [3.8, 4) is 0 Å². The van der Waals surface area contributed by atoms with Gasteiger partial charge in [-0.25, -0.2) is 0 Å². The number of nitrogens with one attached hydrogen (secondary N) is 1. The Bertz CT molecular complexity index is 602. The molecule has 0 aliphatic rings. The van der Waals surface area contributed by atoms with E-state index in [1.165, 1.54) is 20.0 Å². The molecule has 0 atom stereocenters. The lowest BCUT2D eigenvalue weighted by Gasteiger charge is -2.12. The van der Waals surface area contributed by atoms with Gasteiger partial charge in [0.15, 0.2) is 0 Å². The number of carboxylic acids is 1. The summed E-state index contributed by atoms with van der Waals surface area (Å²) in [6.45, 7) is 0.663. The molecule has 0 spiro atoms. The summed E-state index contributed by atoms with van der Waals surface area (Å²) in [4.78, 5) is 21.3. The first-order chi connectivity index (χ1) is 10.1. The number of anilines is 1. The molecule has 1 aromatic rings. The Labute approximate surface area is 123 Å². The number of benzene rings is 1. The van der Waals surface area contributed by atoms with Gasteiger partial charge >= 0.3 is 12.1 Å². The molecule has 0 aliphatic heterocycles. The van der Waals surface area contributed by atoms with Crippen molar-refractivity contribution in [2.75, 3.05) is 18.9 Å². The van der Waals surface area contributed by atoms with E-state index >= 15 is 0 Å². The maximum atomic E-state index is 13.0. The summed E-state index contributed by atoms with van der Waals surface area (Å²) in [7, 11) is 1.26. The zero-order chi connectivity index (χ0) is 16.9. The normalized spacial score (nSPS) is 11.5. The Balaban J connectivity index is 3.10. The lowest BCUT2D eigenvalue weighted by atomic mass is 10.1. The highest BCUT2D eigenvalue weighted by Crippen LogP contribution is 2.38. The minimum atomic E-state index is -4.70. The van der Waals surface area contributed by atoms with Crippen LogP contribution in [-0.2, 0) is 15.8 Å². The molecule has 1 aromatic carbocycles. The fourth-order valence-electron chi connectivity index (χ4n) is 1.48. The number of carbonyl (C=O) groups excluding carboxylic acids is 1. The molecule has 0 fully saturated rings. The van der Waals surface area contributed by atoms with Gasteiger partial charge in [0.1, 0.15) is 6.54 Å². The molecule has 10 heteroatoms. The summed E-state index contributed by atoms with van der Waals surface area (Å²) in [5.74, 6) is -1.71. The van der Waals surface area contributed by atoms with Crippen LogP contribution < -0.4 is 5.32 Å². The van der Waals surface area contributed by atoms with Crippen molar-refractivity contribution >= 4 is 23.3 Å². The van der Waals surface area contributed by atoms with E-state index in [9.17, 15) is 22.8 Å². The summed E-state index contributed by atoms with van der Waals surface area (Å²) >= 11 is 0. The van der Waals surface area contributed by atoms with E-state index in [1.807, 2.05) is 0 Å². The highest BCUT2D eigenvalue weighted by molar-refractivity contribution is 5.89. The topological polar surface area (TPSA) is 94.4 Å². The predicted molar refractivity (Wildman–Crippen MR) is 70.5 cm³/mol. The van der Waals surface area contributed by atoms with Crippen molar-refractivity contribution in [1.29, 1.82) is 0 Å². The van der Waals surface area contributed by atoms with Crippen molar-refractivity contribution in [3.63, 3.8) is 0 Å². The van der Waals surface area contributed by atoms with Crippen LogP contribution in [0, 0.1) is 0 Å². The summed E-state index contributed by atoms with van der Waals surface area (Å²) in [5.41, 5.74) is -1.61. The lowest BCUT2D eigenvalue weighted by molar-refractivity contribution is -0.138. The smallest absolute Gasteiger partial charge is 0.418 e. The van der Waals surface area contributed by atoms with Crippen LogP contribution in [0.1, 0.15) is 12.5 Å². The summed E-state index contributed by atoms with van der Waals surface area (Å²) in [6, 6.07) is 3.00. The van der Waals surface area contributed by atoms with Gasteiger partial charge in [0.05, 0.1) is 11.3 Å². The number of aliphatic carboxylic acids is 1. The van der Waals surface area contributed by atoms with E-state index in [-0.39, 0.29) is 5.69 Å². The molecule has 0 saturated carbocycles. The minimum Gasteiger partial charge on any atom is -0.480 e. The van der Waals surface area contributed by atoms with Crippen molar-refractivity contribution in [2.45, 2.75) is 13.1 Å². The third kappa shape index (κ3) is 5.38. The van der Waals surface area contributed by atoms with Gasteiger partial charge in [-0.1, -0.05) is 5.22 Å². The Morgan fingerprint density at radius 2 is 2.00 bits per heavy atom. The molecule has 1 amide bonds. The van der Waals surface area contributed by atoms with Crippen LogP contribution in [0.2, 0.25) is 0 Å². The highest BCUT2D eigenvalue weighted by atomic mass is 19.4. The summed E-state index contributed by atoms with van der Waals surface area (Å²) < 4.78 is 38.9. The van der Waals surface area contributed by atoms with Crippen LogP contribution in [0.5, 0.6) is 0 Å². The van der Waals surface area contributed by atoms with E-state index in [0.29, 0.717) is 0 Å². The zero-order valence-electron chi connectivity index (χ0n) is 11.7. The number of rotatable bonds is 5. The van der Waals surface area contributed by atoms with Crippen LogP contribution in [0.25, 0.3) is 0 Å². The van der Waals surface area contributed by atoms with Crippen LogP contribution in [0.15, 0.2) is 28.5 Å². The van der Waals surface area contributed by atoms with Gasteiger partial charge in [-0.15, -0.1) is 5.11 Å². The molecule has 0 heterocycles.